The minimum atomic E-state index is -1.84. The van der Waals surface area contributed by atoms with E-state index in [0.29, 0.717) is 4.90 Å². The summed E-state index contributed by atoms with van der Waals surface area (Å²) >= 11 is -1.84. The second kappa shape index (κ2) is 2.99. The molecular weight excluding hydrogens is 147 g/mol. The van der Waals surface area contributed by atoms with E-state index in [1.54, 1.807) is 12.1 Å². The summed E-state index contributed by atoms with van der Waals surface area (Å²) in [4.78, 5) is 0.450. The molecule has 52 valence electrons. The van der Waals surface area contributed by atoms with Gasteiger partial charge < -0.3 is 4.55 Å². The zero-order valence-electron chi connectivity index (χ0n) is 5.57. The molecule has 0 bridgehead atoms. The Morgan fingerprint density at radius 2 is 1.80 bits per heavy atom. The molecule has 4 heteroatoms. The highest BCUT2D eigenvalue weighted by Crippen LogP contribution is 1.99. The van der Waals surface area contributed by atoms with Crippen LogP contribution in [0, 0.1) is 0 Å². The first-order valence-electron chi connectivity index (χ1n) is 2.87. The molecule has 1 N–H and O–H groups in total. The van der Waals surface area contributed by atoms with Gasteiger partial charge in [-0.25, -0.2) is 4.21 Å². The lowest BCUT2D eigenvalue weighted by molar-refractivity contribution is 0.564. The van der Waals surface area contributed by atoms with Crippen LogP contribution in [-0.2, 0) is 11.1 Å². The van der Waals surface area contributed by atoms with Gasteiger partial charge in [-0.3, -0.25) is 0 Å². The summed E-state index contributed by atoms with van der Waals surface area (Å²) in [6, 6.07) is 6.91. The third-order valence-corrected chi connectivity index (χ3v) is 1.90. The molecule has 0 saturated heterocycles. The smallest absolute Gasteiger partial charge is 0.186 e. The lowest BCUT2D eigenvalue weighted by atomic mass is 9.97. The van der Waals surface area contributed by atoms with Gasteiger partial charge in [0.25, 0.3) is 0 Å². The predicted octanol–water partition coefficient (Wildman–Crippen LogP) is -0.474. The highest BCUT2D eigenvalue weighted by atomic mass is 32.2. The second-order valence-corrected chi connectivity index (χ2v) is 3.03. The molecule has 2 nitrogen and oxygen atoms in total. The quantitative estimate of drug-likeness (QED) is 0.438. The molecule has 10 heavy (non-hydrogen) atoms. The number of rotatable bonds is 1. The Bertz CT molecular complexity index is 244. The van der Waals surface area contributed by atoms with Crippen molar-refractivity contribution in [2.45, 2.75) is 4.90 Å². The fraction of sp³-hybridized carbons (Fsp3) is 0. The van der Waals surface area contributed by atoms with Gasteiger partial charge >= 0.3 is 0 Å². The maximum Gasteiger partial charge on any atom is 0.186 e. The minimum Gasteiger partial charge on any atom is -0.302 e. The molecule has 1 aromatic carbocycles. The monoisotopic (exact) mass is 154 g/mol. The first kappa shape index (κ1) is 7.50. The van der Waals surface area contributed by atoms with E-state index in [4.69, 9.17) is 4.55 Å². The fourth-order valence-corrected chi connectivity index (χ4v) is 1.02. The van der Waals surface area contributed by atoms with E-state index < -0.39 is 11.1 Å². The van der Waals surface area contributed by atoms with E-state index in [-0.39, 0.29) is 0 Å². The molecule has 1 unspecified atom stereocenters. The Balaban J connectivity index is 3.00. The average molecular weight is 154 g/mol. The third kappa shape index (κ3) is 1.69. The van der Waals surface area contributed by atoms with E-state index in [2.05, 4.69) is 0 Å². The number of hydrogen-bond donors (Lipinski definition) is 1. The molecule has 0 aliphatic rings. The molecular formula is C6H7BO2S. The molecule has 0 aromatic heterocycles. The summed E-state index contributed by atoms with van der Waals surface area (Å²) in [6.45, 7) is 0. The fourth-order valence-electron chi connectivity index (χ4n) is 0.655. The van der Waals surface area contributed by atoms with E-state index in [1.165, 1.54) is 0 Å². The zero-order chi connectivity index (χ0) is 7.56. The summed E-state index contributed by atoms with van der Waals surface area (Å²) in [5, 5.41) is 0. The molecule has 0 radical (unpaired) electrons. The minimum absolute atomic E-state index is 0.450. The number of benzene rings is 1. The second-order valence-electron chi connectivity index (χ2n) is 2.06. The van der Waals surface area contributed by atoms with E-state index in [1.807, 2.05) is 20.0 Å². The van der Waals surface area contributed by atoms with Crippen molar-refractivity contribution in [1.29, 1.82) is 0 Å². The van der Waals surface area contributed by atoms with Gasteiger partial charge in [-0.15, -0.1) is 0 Å². The van der Waals surface area contributed by atoms with Crippen molar-refractivity contribution in [3.63, 3.8) is 0 Å². The van der Waals surface area contributed by atoms with Crippen LogP contribution in [0.3, 0.4) is 0 Å². The lowest BCUT2D eigenvalue weighted by Crippen LogP contribution is -2.00. The van der Waals surface area contributed by atoms with Crippen molar-refractivity contribution in [2.75, 3.05) is 0 Å². The van der Waals surface area contributed by atoms with Crippen molar-refractivity contribution in [2.24, 2.45) is 0 Å². The molecule has 0 saturated carbocycles. The van der Waals surface area contributed by atoms with Crippen molar-refractivity contribution in [1.82, 2.24) is 0 Å². The SMILES string of the molecule is Bc1ccc(S(=O)O)cc1. The van der Waals surface area contributed by atoms with Gasteiger partial charge in [0, 0.05) is 0 Å². The van der Waals surface area contributed by atoms with Crippen molar-refractivity contribution < 1.29 is 8.76 Å². The van der Waals surface area contributed by atoms with Crippen molar-refractivity contribution >= 4 is 24.4 Å². The third-order valence-electron chi connectivity index (χ3n) is 1.22. The van der Waals surface area contributed by atoms with E-state index in [9.17, 15) is 4.21 Å². The molecule has 0 heterocycles. The topological polar surface area (TPSA) is 37.3 Å². The Hall–Kier alpha value is -0.605. The van der Waals surface area contributed by atoms with Gasteiger partial charge in [-0.1, -0.05) is 17.6 Å². The van der Waals surface area contributed by atoms with Gasteiger partial charge in [-0.2, -0.15) is 0 Å². The highest BCUT2D eigenvalue weighted by molar-refractivity contribution is 7.79. The maximum absolute atomic E-state index is 10.4. The van der Waals surface area contributed by atoms with Crippen LogP contribution in [0.1, 0.15) is 0 Å². The van der Waals surface area contributed by atoms with Gasteiger partial charge in [0.1, 0.15) is 7.85 Å². The molecule has 1 rings (SSSR count). The summed E-state index contributed by atoms with van der Waals surface area (Å²) < 4.78 is 19.0. The van der Waals surface area contributed by atoms with Gasteiger partial charge in [-0.05, 0) is 12.1 Å². The Kier molecular flexibility index (Phi) is 2.24. The molecule has 0 spiro atoms. The molecule has 0 fully saturated rings. The predicted molar refractivity (Wildman–Crippen MR) is 43.7 cm³/mol. The Morgan fingerprint density at radius 3 is 2.20 bits per heavy atom. The largest absolute Gasteiger partial charge is 0.302 e. The van der Waals surface area contributed by atoms with Crippen molar-refractivity contribution in [3.05, 3.63) is 24.3 Å². The number of hydrogen-bond acceptors (Lipinski definition) is 1. The standard InChI is InChI=1S/C6H7BO2S/c7-5-1-3-6(4-2-5)10(8)9/h1-4H,7H2,(H,8,9). The maximum atomic E-state index is 10.4. The molecule has 0 aliphatic heterocycles. The Labute approximate surface area is 63.0 Å². The molecule has 0 aliphatic carbocycles. The van der Waals surface area contributed by atoms with Gasteiger partial charge in [0.05, 0.1) is 4.90 Å². The normalized spacial score (nSPS) is 12.9. The van der Waals surface area contributed by atoms with Crippen LogP contribution in [0.5, 0.6) is 0 Å². The van der Waals surface area contributed by atoms with Crippen LogP contribution in [-0.4, -0.2) is 16.6 Å². The van der Waals surface area contributed by atoms with Gasteiger partial charge in [0.2, 0.25) is 0 Å². The molecule has 0 amide bonds. The highest BCUT2D eigenvalue weighted by Gasteiger charge is 1.95. The molecule has 1 aromatic rings. The van der Waals surface area contributed by atoms with Crippen LogP contribution in [0.15, 0.2) is 29.2 Å². The van der Waals surface area contributed by atoms with Crippen LogP contribution < -0.4 is 5.46 Å². The van der Waals surface area contributed by atoms with Crippen LogP contribution in [0.4, 0.5) is 0 Å². The molecule has 1 atom stereocenters. The first-order chi connectivity index (χ1) is 4.70. The summed E-state index contributed by atoms with van der Waals surface area (Å²) in [7, 11) is 1.93. The summed E-state index contributed by atoms with van der Waals surface area (Å²) in [5.41, 5.74) is 1.09. The zero-order valence-corrected chi connectivity index (χ0v) is 6.39. The van der Waals surface area contributed by atoms with E-state index in [0.717, 1.165) is 5.46 Å². The lowest BCUT2D eigenvalue weighted by Gasteiger charge is -1.93. The van der Waals surface area contributed by atoms with Crippen LogP contribution in [0.2, 0.25) is 0 Å². The van der Waals surface area contributed by atoms with Gasteiger partial charge in [0.15, 0.2) is 11.1 Å². The average Bonchev–Trinajstić information content (AvgIpc) is 1.88. The Morgan fingerprint density at radius 1 is 1.30 bits per heavy atom. The van der Waals surface area contributed by atoms with Crippen molar-refractivity contribution in [3.8, 4) is 0 Å². The van der Waals surface area contributed by atoms with E-state index >= 15 is 0 Å². The first-order valence-corrected chi connectivity index (χ1v) is 3.98. The van der Waals surface area contributed by atoms with Crippen LogP contribution in [0.25, 0.3) is 0 Å². The summed E-state index contributed by atoms with van der Waals surface area (Å²) in [5.74, 6) is 0. The summed E-state index contributed by atoms with van der Waals surface area (Å²) in [6.07, 6.45) is 0. The van der Waals surface area contributed by atoms with Crippen LogP contribution >= 0.6 is 0 Å².